The zero-order valence-corrected chi connectivity index (χ0v) is 19.4. The van der Waals surface area contributed by atoms with Crippen molar-refractivity contribution in [1.82, 2.24) is 8.87 Å². The molecule has 1 amide bonds. The molecule has 174 valence electrons. The lowest BCUT2D eigenvalue weighted by Crippen LogP contribution is -2.37. The first kappa shape index (κ1) is 21.9. The van der Waals surface area contributed by atoms with Crippen LogP contribution in [0.4, 0.5) is 5.69 Å². The van der Waals surface area contributed by atoms with Crippen molar-refractivity contribution in [1.29, 1.82) is 0 Å². The standard InChI is InChI=1S/C24H27N3O5S/c1-17-10-14-26(20-7-3-2-6-19(17)20)23(28)11-15-27-21-9-8-18(16-22(21)32-24(27)29)33(30,31)25-12-4-5-13-25/h2-3,6-9,16-17H,4-5,10-15H2,1H3. The number of fused-ring (bicyclic) bond motifs is 2. The van der Waals surface area contributed by atoms with Gasteiger partial charge in [0.15, 0.2) is 5.58 Å². The average Bonchev–Trinajstić information content (AvgIpc) is 3.46. The first-order chi connectivity index (χ1) is 15.9. The Morgan fingerprint density at radius 2 is 1.85 bits per heavy atom. The van der Waals surface area contributed by atoms with Gasteiger partial charge >= 0.3 is 5.76 Å². The molecule has 33 heavy (non-hydrogen) atoms. The molecule has 0 spiro atoms. The zero-order valence-electron chi connectivity index (χ0n) is 18.6. The van der Waals surface area contributed by atoms with Crippen LogP contribution in [0.5, 0.6) is 0 Å². The van der Waals surface area contributed by atoms with Crippen LogP contribution in [-0.4, -0.2) is 42.8 Å². The summed E-state index contributed by atoms with van der Waals surface area (Å²) in [5.74, 6) is -0.248. The summed E-state index contributed by atoms with van der Waals surface area (Å²) in [6, 6.07) is 12.4. The van der Waals surface area contributed by atoms with Crippen LogP contribution >= 0.6 is 0 Å². The zero-order chi connectivity index (χ0) is 23.2. The lowest BCUT2D eigenvalue weighted by molar-refractivity contribution is -0.118. The fourth-order valence-electron chi connectivity index (χ4n) is 4.85. The molecule has 0 N–H and O–H groups in total. The minimum absolute atomic E-state index is 0.0520. The Hall–Kier alpha value is -2.91. The monoisotopic (exact) mass is 469 g/mol. The average molecular weight is 470 g/mol. The lowest BCUT2D eigenvalue weighted by atomic mass is 9.91. The van der Waals surface area contributed by atoms with E-state index in [4.69, 9.17) is 4.42 Å². The molecule has 1 saturated heterocycles. The Morgan fingerprint density at radius 1 is 1.09 bits per heavy atom. The van der Waals surface area contributed by atoms with Gasteiger partial charge in [0.25, 0.3) is 0 Å². The predicted octanol–water partition coefficient (Wildman–Crippen LogP) is 3.31. The summed E-state index contributed by atoms with van der Waals surface area (Å²) < 4.78 is 33.9. The summed E-state index contributed by atoms with van der Waals surface area (Å²) in [6.07, 6.45) is 2.74. The largest absolute Gasteiger partial charge is 0.419 e. The van der Waals surface area contributed by atoms with Crippen molar-refractivity contribution in [3.63, 3.8) is 0 Å². The quantitative estimate of drug-likeness (QED) is 0.572. The summed E-state index contributed by atoms with van der Waals surface area (Å²) in [6.45, 7) is 3.99. The van der Waals surface area contributed by atoms with Crippen molar-refractivity contribution in [3.05, 3.63) is 58.6 Å². The Morgan fingerprint density at radius 3 is 2.64 bits per heavy atom. The van der Waals surface area contributed by atoms with Gasteiger partial charge in [-0.3, -0.25) is 9.36 Å². The molecule has 1 atom stereocenters. The number of sulfonamides is 1. The van der Waals surface area contributed by atoms with E-state index in [0.29, 0.717) is 31.1 Å². The van der Waals surface area contributed by atoms with Crippen LogP contribution in [0.1, 0.15) is 44.1 Å². The van der Waals surface area contributed by atoms with E-state index in [1.54, 1.807) is 11.0 Å². The fourth-order valence-corrected chi connectivity index (χ4v) is 6.38. The Balaban J connectivity index is 1.37. The van der Waals surface area contributed by atoms with Crippen molar-refractivity contribution >= 4 is 32.7 Å². The van der Waals surface area contributed by atoms with Crippen LogP contribution in [0.15, 0.2) is 56.6 Å². The Labute approximate surface area is 192 Å². The second-order valence-corrected chi connectivity index (χ2v) is 10.7. The molecule has 2 aliphatic rings. The highest BCUT2D eigenvalue weighted by Gasteiger charge is 2.29. The van der Waals surface area contributed by atoms with E-state index in [2.05, 4.69) is 13.0 Å². The molecular formula is C24H27N3O5S. The number of nitrogens with zero attached hydrogens (tertiary/aromatic N) is 3. The van der Waals surface area contributed by atoms with Gasteiger partial charge < -0.3 is 9.32 Å². The number of anilines is 1. The van der Waals surface area contributed by atoms with Crippen molar-refractivity contribution < 1.29 is 17.6 Å². The lowest BCUT2D eigenvalue weighted by Gasteiger charge is -2.33. The number of hydrogen-bond donors (Lipinski definition) is 0. The molecule has 3 heterocycles. The third-order valence-electron chi connectivity index (χ3n) is 6.74. The van der Waals surface area contributed by atoms with E-state index in [0.717, 1.165) is 30.5 Å². The second kappa shape index (κ2) is 8.46. The maximum Gasteiger partial charge on any atom is 0.419 e. The number of hydrogen-bond acceptors (Lipinski definition) is 5. The summed E-state index contributed by atoms with van der Waals surface area (Å²) in [4.78, 5) is 27.4. The van der Waals surface area contributed by atoms with Crippen LogP contribution < -0.4 is 10.7 Å². The van der Waals surface area contributed by atoms with Crippen LogP contribution in [0.25, 0.3) is 11.1 Å². The maximum absolute atomic E-state index is 13.0. The molecule has 2 aliphatic heterocycles. The number of aromatic nitrogens is 1. The normalized spacial score (nSPS) is 19.2. The van der Waals surface area contributed by atoms with Crippen molar-refractivity contribution in [3.8, 4) is 0 Å². The SMILES string of the molecule is CC1CCN(C(=O)CCn2c(=O)oc3cc(S(=O)(=O)N4CCCC4)ccc32)c2ccccc21. The number of amides is 1. The molecule has 9 heteroatoms. The predicted molar refractivity (Wildman–Crippen MR) is 125 cm³/mol. The number of carbonyl (C=O) groups is 1. The number of rotatable bonds is 5. The highest BCUT2D eigenvalue weighted by Crippen LogP contribution is 2.35. The van der Waals surface area contributed by atoms with E-state index in [9.17, 15) is 18.0 Å². The van der Waals surface area contributed by atoms with E-state index in [1.807, 2.05) is 18.2 Å². The first-order valence-electron chi connectivity index (χ1n) is 11.4. The second-order valence-electron chi connectivity index (χ2n) is 8.80. The molecule has 1 aromatic heterocycles. The van der Waals surface area contributed by atoms with Crippen molar-refractivity contribution in [2.24, 2.45) is 0 Å². The van der Waals surface area contributed by atoms with Gasteiger partial charge in [0.1, 0.15) is 0 Å². The molecule has 8 nitrogen and oxygen atoms in total. The van der Waals surface area contributed by atoms with E-state index < -0.39 is 15.8 Å². The molecule has 0 aliphatic carbocycles. The highest BCUT2D eigenvalue weighted by atomic mass is 32.2. The minimum Gasteiger partial charge on any atom is -0.408 e. The molecule has 0 radical (unpaired) electrons. The number of aryl methyl sites for hydroxylation is 1. The molecule has 1 fully saturated rings. The van der Waals surface area contributed by atoms with E-state index in [-0.39, 0.29) is 29.4 Å². The summed E-state index contributed by atoms with van der Waals surface area (Å²) in [7, 11) is -3.61. The fraction of sp³-hybridized carbons (Fsp3) is 0.417. The van der Waals surface area contributed by atoms with Crippen molar-refractivity contribution in [2.75, 3.05) is 24.5 Å². The topological polar surface area (TPSA) is 92.8 Å². The smallest absolute Gasteiger partial charge is 0.408 e. The van der Waals surface area contributed by atoms with Gasteiger partial charge in [-0.15, -0.1) is 0 Å². The number of para-hydroxylation sites is 1. The van der Waals surface area contributed by atoms with E-state index in [1.165, 1.54) is 21.0 Å². The number of carbonyl (C=O) groups excluding carboxylic acids is 1. The maximum atomic E-state index is 13.0. The Bertz CT molecular complexity index is 1370. The molecule has 2 aromatic carbocycles. The van der Waals surface area contributed by atoms with Gasteiger partial charge in [-0.05, 0) is 48.9 Å². The highest BCUT2D eigenvalue weighted by molar-refractivity contribution is 7.89. The van der Waals surface area contributed by atoms with Gasteiger partial charge in [-0.25, -0.2) is 13.2 Å². The van der Waals surface area contributed by atoms with Gasteiger partial charge in [-0.2, -0.15) is 4.31 Å². The number of oxazole rings is 1. The van der Waals surface area contributed by atoms with Gasteiger partial charge in [0, 0.05) is 44.4 Å². The first-order valence-corrected chi connectivity index (χ1v) is 12.8. The molecular weight excluding hydrogens is 442 g/mol. The molecule has 1 unspecified atom stereocenters. The van der Waals surface area contributed by atoms with Gasteiger partial charge in [-0.1, -0.05) is 25.1 Å². The van der Waals surface area contributed by atoms with Crippen LogP contribution in [0.2, 0.25) is 0 Å². The molecule has 3 aromatic rings. The van der Waals surface area contributed by atoms with Crippen LogP contribution in [0, 0.1) is 0 Å². The van der Waals surface area contributed by atoms with Crippen LogP contribution in [-0.2, 0) is 21.4 Å². The summed E-state index contributed by atoms with van der Waals surface area (Å²) in [5, 5.41) is 0. The van der Waals surface area contributed by atoms with Gasteiger partial charge in [0.2, 0.25) is 15.9 Å². The van der Waals surface area contributed by atoms with Crippen LogP contribution in [0.3, 0.4) is 0 Å². The third-order valence-corrected chi connectivity index (χ3v) is 8.63. The number of benzene rings is 2. The Kier molecular flexibility index (Phi) is 5.62. The van der Waals surface area contributed by atoms with Crippen molar-refractivity contribution in [2.45, 2.75) is 50.0 Å². The third kappa shape index (κ3) is 3.89. The van der Waals surface area contributed by atoms with E-state index >= 15 is 0 Å². The molecule has 0 saturated carbocycles. The summed E-state index contributed by atoms with van der Waals surface area (Å²) in [5.41, 5.74) is 2.79. The summed E-state index contributed by atoms with van der Waals surface area (Å²) >= 11 is 0. The molecule has 0 bridgehead atoms. The molecule has 5 rings (SSSR count). The minimum atomic E-state index is -3.61. The van der Waals surface area contributed by atoms with Gasteiger partial charge in [0.05, 0.1) is 10.4 Å².